The van der Waals surface area contributed by atoms with Crippen LogP contribution >= 0.6 is 0 Å². The standard InChI is InChI=1S/C26H33Si2.2ClH.Zr/c1-18-13-14-21-20(15-18)16-22-24(21)23(27(3,4)5)17-26(2,28(6,7)8)25(22)19-11-9-10-12-19;;;/h9-11,13-15,17H,12H2,1-8H3;2*1H;/q;;;+2/p-2. The molecular weight excluding hydrogens is 531 g/mol. The van der Waals surface area contributed by atoms with Crippen LogP contribution in [0.25, 0.3) is 8.85 Å². The topological polar surface area (TPSA) is 0 Å². The van der Waals surface area contributed by atoms with Crippen molar-refractivity contribution in [1.82, 2.24) is 0 Å². The van der Waals surface area contributed by atoms with Gasteiger partial charge >= 0.3 is 195 Å². The van der Waals surface area contributed by atoms with Crippen molar-refractivity contribution in [2.45, 2.75) is 64.6 Å². The molecule has 4 rings (SSSR count). The molecule has 31 heavy (non-hydrogen) atoms. The van der Waals surface area contributed by atoms with Gasteiger partial charge < -0.3 is 24.8 Å². The minimum absolute atomic E-state index is 0. The molecule has 0 saturated heterocycles. The van der Waals surface area contributed by atoms with E-state index in [4.69, 9.17) is 0 Å². The zero-order valence-electron chi connectivity index (χ0n) is 20.0. The molecule has 0 N–H and O–H groups in total. The van der Waals surface area contributed by atoms with Gasteiger partial charge in [0, 0.05) is 0 Å². The Hall–Kier alpha value is -0.183. The fourth-order valence-corrected chi connectivity index (χ4v) is 9.62. The van der Waals surface area contributed by atoms with E-state index >= 15 is 0 Å². The van der Waals surface area contributed by atoms with Crippen molar-refractivity contribution in [3.05, 3.63) is 80.4 Å². The van der Waals surface area contributed by atoms with Gasteiger partial charge in [0.15, 0.2) is 0 Å². The van der Waals surface area contributed by atoms with E-state index in [0.29, 0.717) is 0 Å². The Bertz CT molecular complexity index is 1170. The molecular formula is C26H33Cl2Si2Zr. The van der Waals surface area contributed by atoms with E-state index in [0.717, 1.165) is 6.42 Å². The molecule has 0 spiro atoms. The van der Waals surface area contributed by atoms with Crippen molar-refractivity contribution >= 4 is 25.0 Å². The van der Waals surface area contributed by atoms with E-state index in [2.05, 4.69) is 95.6 Å². The minimum atomic E-state index is -1.53. The molecule has 1 aromatic rings. The second kappa shape index (κ2) is 8.88. The molecule has 0 aromatic heterocycles. The molecule has 5 heteroatoms. The summed E-state index contributed by atoms with van der Waals surface area (Å²) in [5, 5.41) is 4.85. The van der Waals surface area contributed by atoms with Gasteiger partial charge in [-0.15, -0.1) is 0 Å². The zero-order chi connectivity index (χ0) is 21.4. The number of hydrogen-bond donors (Lipinski definition) is 0. The molecule has 0 amide bonds. The predicted molar refractivity (Wildman–Crippen MR) is 129 cm³/mol. The molecule has 0 heterocycles. The van der Waals surface area contributed by atoms with E-state index in [1.54, 1.807) is 55.5 Å². The summed E-state index contributed by atoms with van der Waals surface area (Å²) in [6, 6.07) is 7.15. The van der Waals surface area contributed by atoms with Gasteiger partial charge in [-0.1, -0.05) is 0 Å². The van der Waals surface area contributed by atoms with E-state index in [-0.39, 0.29) is 29.9 Å². The fourth-order valence-electron chi connectivity index (χ4n) is 5.01. The van der Waals surface area contributed by atoms with E-state index in [1.807, 2.05) is 0 Å². The molecule has 163 valence electrons. The fraction of sp³-hybridized carbons (Fsp3) is 0.385. The van der Waals surface area contributed by atoms with Gasteiger partial charge in [-0.2, -0.15) is 0 Å². The summed E-state index contributed by atoms with van der Waals surface area (Å²) in [4.78, 5) is 0. The number of aryl methyl sites for hydroxylation is 1. The molecule has 3 aliphatic rings. The van der Waals surface area contributed by atoms with Crippen LogP contribution < -0.4 is 35.3 Å². The number of fused-ring (bicyclic) bond motifs is 2. The Kier molecular flexibility index (Phi) is 7.75. The average molecular weight is 564 g/mol. The van der Waals surface area contributed by atoms with Gasteiger partial charge in [-0.05, 0) is 0 Å². The second-order valence-corrected chi connectivity index (χ2v) is 22.9. The van der Waals surface area contributed by atoms with Gasteiger partial charge in [0.05, 0.1) is 0 Å². The quantitative estimate of drug-likeness (QED) is 0.452. The van der Waals surface area contributed by atoms with Gasteiger partial charge in [0.1, 0.15) is 0 Å². The van der Waals surface area contributed by atoms with Crippen LogP contribution in [0.2, 0.25) is 44.3 Å². The summed E-state index contributed by atoms with van der Waals surface area (Å²) in [6.07, 6.45) is 10.8. The van der Waals surface area contributed by atoms with E-state index < -0.39 is 16.1 Å². The number of hydrogen-bond acceptors (Lipinski definition) is 0. The first-order chi connectivity index (χ1) is 13.4. The third-order valence-electron chi connectivity index (χ3n) is 7.14. The second-order valence-electron chi connectivity index (χ2n) is 11.1. The van der Waals surface area contributed by atoms with Crippen LogP contribution in [0.1, 0.15) is 18.9 Å². The Morgan fingerprint density at radius 1 is 0.935 bits per heavy atom. The van der Waals surface area contributed by atoms with Crippen molar-refractivity contribution in [2.75, 3.05) is 0 Å². The number of halogens is 2. The summed E-state index contributed by atoms with van der Waals surface area (Å²) in [7, 11) is -3.05. The van der Waals surface area contributed by atoms with Crippen LogP contribution in [0.4, 0.5) is 0 Å². The third kappa shape index (κ3) is 4.23. The number of rotatable bonds is 3. The Labute approximate surface area is 218 Å². The van der Waals surface area contributed by atoms with Crippen molar-refractivity contribution in [2.24, 2.45) is 0 Å². The first-order valence-electron chi connectivity index (χ1n) is 10.8. The molecule has 0 bridgehead atoms. The minimum Gasteiger partial charge on any atom is -1.00 e. The van der Waals surface area contributed by atoms with Gasteiger partial charge in [0.2, 0.25) is 0 Å². The van der Waals surface area contributed by atoms with Gasteiger partial charge in [-0.3, -0.25) is 0 Å². The zero-order valence-corrected chi connectivity index (χ0v) is 26.0. The summed E-state index contributed by atoms with van der Waals surface area (Å²) in [5.41, 5.74) is 7.78. The maximum atomic E-state index is 2.76. The molecule has 0 saturated carbocycles. The Balaban J connectivity index is 0.00000171. The van der Waals surface area contributed by atoms with Crippen LogP contribution in [0, 0.1) is 6.92 Å². The molecule has 1 atom stereocenters. The molecule has 0 nitrogen and oxygen atoms in total. The summed E-state index contributed by atoms with van der Waals surface area (Å²) < 4.78 is 1.59. The summed E-state index contributed by atoms with van der Waals surface area (Å²) >= 11 is 1.55. The smallest absolute Gasteiger partial charge is 1.00 e. The number of benzene rings is 1. The predicted octanol–water partition coefficient (Wildman–Crippen LogP) is -0.0789. The van der Waals surface area contributed by atoms with Crippen molar-refractivity contribution in [3.63, 3.8) is 0 Å². The van der Waals surface area contributed by atoms with Crippen LogP contribution in [-0.2, 0) is 24.7 Å². The van der Waals surface area contributed by atoms with Crippen molar-refractivity contribution < 1.29 is 49.5 Å². The molecule has 0 radical (unpaired) electrons. The Morgan fingerprint density at radius 2 is 1.58 bits per heavy atom. The van der Waals surface area contributed by atoms with Crippen LogP contribution in [-0.4, -0.2) is 16.1 Å². The molecule has 1 unspecified atom stereocenters. The normalized spacial score (nSPS) is 22.5. The Morgan fingerprint density at radius 3 is 2.10 bits per heavy atom. The first kappa shape index (κ1) is 27.1. The summed E-state index contributed by atoms with van der Waals surface area (Å²) in [5.74, 6) is 0. The van der Waals surface area contributed by atoms with Gasteiger partial charge in [-0.25, -0.2) is 0 Å². The monoisotopic (exact) mass is 561 g/mol. The largest absolute Gasteiger partial charge is 1.00 e. The SMILES string of the molecule is Cc1ccc2c(c1)=[C]([Zr+2])C1=C(C3=CC=CC3)C(C)([Si](C)(C)C)C=C([Si](C)(C)C)C=21.[Cl-].[Cl-]. The molecule has 0 aliphatic heterocycles. The van der Waals surface area contributed by atoms with Crippen LogP contribution in [0.5, 0.6) is 0 Å². The van der Waals surface area contributed by atoms with Crippen LogP contribution in [0.15, 0.2) is 64.4 Å². The van der Waals surface area contributed by atoms with E-state index in [1.165, 1.54) is 16.0 Å². The maximum absolute atomic E-state index is 2.76. The maximum Gasteiger partial charge on any atom is -1.00 e. The number of allylic oxidation sites excluding steroid dienone is 8. The third-order valence-corrected chi connectivity index (χ3v) is 13.9. The van der Waals surface area contributed by atoms with Crippen LogP contribution in [0.3, 0.4) is 0 Å². The van der Waals surface area contributed by atoms with Crippen molar-refractivity contribution in [1.29, 1.82) is 0 Å². The van der Waals surface area contributed by atoms with Crippen molar-refractivity contribution in [3.8, 4) is 0 Å². The molecule has 1 aromatic carbocycles. The van der Waals surface area contributed by atoms with Gasteiger partial charge in [0.25, 0.3) is 0 Å². The van der Waals surface area contributed by atoms with E-state index in [9.17, 15) is 0 Å². The molecule has 0 fully saturated rings. The summed E-state index contributed by atoms with van der Waals surface area (Å²) in [6.45, 7) is 20.1. The average Bonchev–Trinajstić information content (AvgIpc) is 3.20. The molecule has 3 aliphatic carbocycles. The first-order valence-corrected chi connectivity index (χ1v) is 19.0.